The molecule has 0 aliphatic carbocycles. The van der Waals surface area contributed by atoms with Crippen molar-refractivity contribution in [3.63, 3.8) is 0 Å². The van der Waals surface area contributed by atoms with E-state index in [0.717, 1.165) is 15.0 Å². The summed E-state index contributed by atoms with van der Waals surface area (Å²) in [4.78, 5) is 4.62. The van der Waals surface area contributed by atoms with Crippen molar-refractivity contribution in [3.8, 4) is 11.1 Å². The summed E-state index contributed by atoms with van der Waals surface area (Å²) in [5.74, 6) is 0. The Morgan fingerprint density at radius 3 is 2.22 bits per heavy atom. The van der Waals surface area contributed by atoms with Crippen LogP contribution in [-0.4, -0.2) is 14.5 Å². The van der Waals surface area contributed by atoms with E-state index in [9.17, 15) is 0 Å². The minimum absolute atomic E-state index is 0. The monoisotopic (exact) mass is 575 g/mol. The molecule has 0 aliphatic heterocycles. The van der Waals surface area contributed by atoms with Gasteiger partial charge in [0.2, 0.25) is 0 Å². The molecule has 0 saturated heterocycles. The van der Waals surface area contributed by atoms with Gasteiger partial charge in [-0.2, -0.15) is 12.1 Å². The number of unbranched alkanes of at least 4 members (excludes halogenated alkanes) is 1. The van der Waals surface area contributed by atoms with Gasteiger partial charge in [-0.15, -0.1) is 75.1 Å². The van der Waals surface area contributed by atoms with Gasteiger partial charge in [0.05, 0.1) is 5.52 Å². The standard InChI is InChI=1S/C22H20N.C10H9.C2H6Si.Zr/c1-2-3-7-16-14-18-9-5-11-19(21(18)15-16)20-12-4-8-17-10-6-13-23-22(17)20;1-8-6-9-4-2-3-5-10(9)7-8;1-3-2;/h4-6,8-15H,2-3,7H2,1H3;2-7H,1H3;1-2H3;/q2*-1;;+2. The summed E-state index contributed by atoms with van der Waals surface area (Å²) in [5.41, 5.74) is 6.39. The van der Waals surface area contributed by atoms with E-state index in [4.69, 9.17) is 0 Å². The van der Waals surface area contributed by atoms with Gasteiger partial charge in [-0.05, 0) is 18.1 Å². The minimum Gasteiger partial charge on any atom is -0.256 e. The van der Waals surface area contributed by atoms with Gasteiger partial charge >= 0.3 is 26.2 Å². The second-order valence-electron chi connectivity index (χ2n) is 9.32. The molecule has 0 saturated carbocycles. The van der Waals surface area contributed by atoms with Crippen LogP contribution in [0.1, 0.15) is 30.9 Å². The van der Waals surface area contributed by atoms with Crippen LogP contribution < -0.4 is 0 Å². The van der Waals surface area contributed by atoms with Gasteiger partial charge in [-0.1, -0.05) is 81.7 Å². The quantitative estimate of drug-likeness (QED) is 0.150. The Morgan fingerprint density at radius 2 is 1.43 bits per heavy atom. The van der Waals surface area contributed by atoms with E-state index in [2.05, 4.69) is 123 Å². The number of aromatic nitrogens is 1. The summed E-state index contributed by atoms with van der Waals surface area (Å²) in [5, 5.41) is 6.57. The van der Waals surface area contributed by atoms with Crippen LogP contribution >= 0.6 is 0 Å². The summed E-state index contributed by atoms with van der Waals surface area (Å²) < 4.78 is 0. The average Bonchev–Trinajstić information content (AvgIpc) is 3.50. The number of rotatable bonds is 4. The second-order valence-corrected chi connectivity index (χ2v) is 10.3. The van der Waals surface area contributed by atoms with Gasteiger partial charge in [0.25, 0.3) is 0 Å². The fraction of sp³-hybridized carbons (Fsp3) is 0.206. The molecule has 1 heterocycles. The zero-order valence-corrected chi connectivity index (χ0v) is 25.8. The van der Waals surface area contributed by atoms with E-state index in [1.54, 1.807) is 0 Å². The van der Waals surface area contributed by atoms with Crippen LogP contribution in [0.3, 0.4) is 0 Å². The number of pyridine rings is 1. The molecule has 0 atom stereocenters. The second kappa shape index (κ2) is 14.4. The number of para-hydroxylation sites is 1. The number of benzene rings is 3. The van der Waals surface area contributed by atoms with E-state index in [0.29, 0.717) is 0 Å². The summed E-state index contributed by atoms with van der Waals surface area (Å²) in [6, 6.07) is 34.7. The summed E-state index contributed by atoms with van der Waals surface area (Å²) in [6.07, 6.45) is 5.53. The van der Waals surface area contributed by atoms with E-state index in [1.807, 2.05) is 12.3 Å². The molecular formula is C34H35NSiZr. The van der Waals surface area contributed by atoms with Crippen LogP contribution in [0.2, 0.25) is 13.1 Å². The third kappa shape index (κ3) is 7.24. The van der Waals surface area contributed by atoms with Crippen molar-refractivity contribution < 1.29 is 26.2 Å². The summed E-state index contributed by atoms with van der Waals surface area (Å²) >= 11 is 0. The molecule has 5 aromatic carbocycles. The van der Waals surface area contributed by atoms with Crippen molar-refractivity contribution >= 4 is 42.0 Å². The Labute approximate surface area is 243 Å². The van der Waals surface area contributed by atoms with Crippen molar-refractivity contribution in [2.75, 3.05) is 0 Å². The van der Waals surface area contributed by atoms with E-state index in [-0.39, 0.29) is 26.2 Å². The van der Waals surface area contributed by atoms with E-state index in [1.165, 1.54) is 68.4 Å². The fourth-order valence-corrected chi connectivity index (χ4v) is 4.68. The number of fused-ring (bicyclic) bond motifs is 3. The van der Waals surface area contributed by atoms with Crippen LogP contribution in [0.15, 0.2) is 103 Å². The van der Waals surface area contributed by atoms with Gasteiger partial charge in [-0.3, -0.25) is 4.98 Å². The zero-order valence-electron chi connectivity index (χ0n) is 22.4. The summed E-state index contributed by atoms with van der Waals surface area (Å²) in [6.45, 7) is 8.68. The molecule has 0 spiro atoms. The topological polar surface area (TPSA) is 12.9 Å². The number of aryl methyl sites for hydroxylation is 2. The third-order valence-corrected chi connectivity index (χ3v) is 6.31. The number of nitrogens with zero attached hydrogens (tertiary/aromatic N) is 1. The normalized spacial score (nSPS) is 10.4. The molecule has 6 aromatic rings. The maximum atomic E-state index is 4.62. The molecule has 6 rings (SSSR count). The van der Waals surface area contributed by atoms with Gasteiger partial charge in [0.1, 0.15) is 0 Å². The third-order valence-electron chi connectivity index (χ3n) is 6.31. The Kier molecular flexibility index (Phi) is 11.2. The largest absolute Gasteiger partial charge is 2.00 e. The first-order chi connectivity index (χ1) is 17.6. The fourth-order valence-electron chi connectivity index (χ4n) is 4.68. The van der Waals surface area contributed by atoms with Crippen LogP contribution in [-0.2, 0) is 32.6 Å². The molecular weight excluding hydrogens is 542 g/mol. The smallest absolute Gasteiger partial charge is 0.256 e. The Balaban J connectivity index is 0.000000227. The van der Waals surface area contributed by atoms with Gasteiger partial charge < -0.3 is 0 Å². The predicted octanol–water partition coefficient (Wildman–Crippen LogP) is 9.77. The van der Waals surface area contributed by atoms with Gasteiger partial charge in [-0.25, -0.2) is 0 Å². The molecule has 1 nitrogen and oxygen atoms in total. The van der Waals surface area contributed by atoms with E-state index < -0.39 is 0 Å². The first kappa shape index (κ1) is 29.0. The molecule has 184 valence electrons. The SMILES string of the molecule is CCCCc1cc2c(-c3cccc4cccnc34)cccc2[cH-]1.C[Si]C.Cc1cc2ccccc2[cH-]1.[Zr+2]. The molecule has 37 heavy (non-hydrogen) atoms. The molecule has 0 fully saturated rings. The number of hydrogen-bond acceptors (Lipinski definition) is 1. The molecule has 1 aromatic heterocycles. The van der Waals surface area contributed by atoms with Crippen molar-refractivity contribution in [3.05, 3.63) is 114 Å². The molecule has 3 heteroatoms. The average molecular weight is 577 g/mol. The van der Waals surface area contributed by atoms with Gasteiger partial charge in [0, 0.05) is 21.1 Å². The van der Waals surface area contributed by atoms with Gasteiger partial charge in [0.15, 0.2) is 0 Å². The first-order valence-corrected chi connectivity index (χ1v) is 14.9. The van der Waals surface area contributed by atoms with E-state index >= 15 is 0 Å². The molecule has 0 unspecified atom stereocenters. The van der Waals surface area contributed by atoms with Crippen LogP contribution in [0.4, 0.5) is 0 Å². The number of hydrogen-bond donors (Lipinski definition) is 0. The van der Waals surface area contributed by atoms with Crippen molar-refractivity contribution in [2.24, 2.45) is 0 Å². The van der Waals surface area contributed by atoms with Crippen molar-refractivity contribution in [1.82, 2.24) is 4.98 Å². The molecule has 2 radical (unpaired) electrons. The van der Waals surface area contributed by atoms with Crippen LogP contribution in [0.25, 0.3) is 43.6 Å². The first-order valence-electron chi connectivity index (χ1n) is 12.9. The van der Waals surface area contributed by atoms with Crippen LogP contribution in [0.5, 0.6) is 0 Å². The predicted molar refractivity (Wildman–Crippen MR) is 161 cm³/mol. The Morgan fingerprint density at radius 1 is 0.757 bits per heavy atom. The molecule has 0 amide bonds. The summed E-state index contributed by atoms with van der Waals surface area (Å²) in [7, 11) is 1.08. The molecule has 0 aliphatic rings. The Bertz CT molecular complexity index is 1500. The molecule has 0 N–H and O–H groups in total. The van der Waals surface area contributed by atoms with Crippen molar-refractivity contribution in [2.45, 2.75) is 46.2 Å². The maximum absolute atomic E-state index is 4.62. The zero-order chi connectivity index (χ0) is 25.3. The minimum atomic E-state index is 0. The van der Waals surface area contributed by atoms with Crippen LogP contribution in [0, 0.1) is 6.92 Å². The maximum Gasteiger partial charge on any atom is 2.00 e. The Hall–Kier alpha value is -2.61. The van der Waals surface area contributed by atoms with Crippen molar-refractivity contribution in [1.29, 1.82) is 0 Å². The molecule has 0 bridgehead atoms.